The first-order chi connectivity index (χ1) is 12.1. The molecule has 1 atom stereocenters. The first-order valence-corrected chi connectivity index (χ1v) is 8.86. The normalized spacial score (nSPS) is 17.0. The molecule has 130 valence electrons. The summed E-state index contributed by atoms with van der Waals surface area (Å²) in [6.07, 6.45) is 1.21. The zero-order chi connectivity index (χ0) is 17.8. The van der Waals surface area contributed by atoms with Crippen LogP contribution in [0.3, 0.4) is 0 Å². The molecule has 1 aliphatic heterocycles. The Morgan fingerprint density at radius 3 is 2.40 bits per heavy atom. The van der Waals surface area contributed by atoms with Crippen LogP contribution in [0, 0.1) is 5.92 Å². The van der Waals surface area contributed by atoms with Gasteiger partial charge in [0.2, 0.25) is 11.8 Å². The fraction of sp³-hybridized carbons (Fsp3) is 0.300. The van der Waals surface area contributed by atoms with Gasteiger partial charge in [-0.2, -0.15) is 0 Å². The smallest absolute Gasteiger partial charge is 0.227 e. The molecule has 2 aromatic rings. The van der Waals surface area contributed by atoms with E-state index in [1.807, 2.05) is 36.4 Å². The Kier molecular flexibility index (Phi) is 5.39. The summed E-state index contributed by atoms with van der Waals surface area (Å²) in [6.45, 7) is 2.96. The molecule has 4 nitrogen and oxygen atoms in total. The van der Waals surface area contributed by atoms with Gasteiger partial charge in [0, 0.05) is 30.2 Å². The average Bonchev–Trinajstić information content (AvgIpc) is 3.03. The third-order valence-corrected chi connectivity index (χ3v) is 4.78. The number of halogens is 1. The molecule has 0 saturated carbocycles. The topological polar surface area (TPSA) is 49.4 Å². The number of carbonyl (C=O) groups excluding carboxylic acids is 2. The maximum Gasteiger partial charge on any atom is 0.227 e. The van der Waals surface area contributed by atoms with Crippen molar-refractivity contribution >= 4 is 29.1 Å². The van der Waals surface area contributed by atoms with Crippen LogP contribution in [0.5, 0.6) is 0 Å². The minimum absolute atomic E-state index is 0.00380. The molecule has 1 fully saturated rings. The van der Waals surface area contributed by atoms with Crippen LogP contribution < -0.4 is 10.2 Å². The molecule has 0 unspecified atom stereocenters. The lowest BCUT2D eigenvalue weighted by molar-refractivity contribution is -0.126. The summed E-state index contributed by atoms with van der Waals surface area (Å²) in [5.74, 6) is -0.405. The Morgan fingerprint density at radius 2 is 1.76 bits per heavy atom. The Morgan fingerprint density at radius 1 is 1.12 bits per heavy atom. The van der Waals surface area contributed by atoms with E-state index in [-0.39, 0.29) is 24.2 Å². The van der Waals surface area contributed by atoms with Crippen molar-refractivity contribution in [3.63, 3.8) is 0 Å². The summed E-state index contributed by atoms with van der Waals surface area (Å²) < 4.78 is 0. The van der Waals surface area contributed by atoms with Gasteiger partial charge in [0.05, 0.1) is 5.92 Å². The van der Waals surface area contributed by atoms with Gasteiger partial charge in [-0.15, -0.1) is 0 Å². The van der Waals surface area contributed by atoms with E-state index in [2.05, 4.69) is 12.2 Å². The van der Waals surface area contributed by atoms with Crippen LogP contribution in [-0.4, -0.2) is 18.4 Å². The van der Waals surface area contributed by atoms with E-state index in [4.69, 9.17) is 11.6 Å². The van der Waals surface area contributed by atoms with Gasteiger partial charge >= 0.3 is 0 Å². The van der Waals surface area contributed by atoms with Crippen molar-refractivity contribution in [2.75, 3.05) is 11.4 Å². The second-order valence-corrected chi connectivity index (χ2v) is 6.71. The maximum absolute atomic E-state index is 12.4. The van der Waals surface area contributed by atoms with Gasteiger partial charge in [0.25, 0.3) is 0 Å². The van der Waals surface area contributed by atoms with Gasteiger partial charge in [0.1, 0.15) is 0 Å². The fourth-order valence-corrected chi connectivity index (χ4v) is 3.11. The maximum atomic E-state index is 12.4. The molecule has 0 radical (unpaired) electrons. The van der Waals surface area contributed by atoms with Gasteiger partial charge in [-0.05, 0) is 41.8 Å². The summed E-state index contributed by atoms with van der Waals surface area (Å²) >= 11 is 5.86. The molecule has 3 rings (SSSR count). The number of aryl methyl sites for hydroxylation is 1. The van der Waals surface area contributed by atoms with Crippen LogP contribution in [0.1, 0.15) is 24.5 Å². The van der Waals surface area contributed by atoms with Gasteiger partial charge in [-0.25, -0.2) is 0 Å². The summed E-state index contributed by atoms with van der Waals surface area (Å²) in [4.78, 5) is 26.4. The minimum Gasteiger partial charge on any atom is -0.352 e. The van der Waals surface area contributed by atoms with Crippen molar-refractivity contribution in [3.8, 4) is 0 Å². The molecule has 25 heavy (non-hydrogen) atoms. The third-order valence-electron chi connectivity index (χ3n) is 4.53. The van der Waals surface area contributed by atoms with Gasteiger partial charge < -0.3 is 10.2 Å². The Labute approximate surface area is 152 Å². The molecule has 0 bridgehead atoms. The third kappa shape index (κ3) is 4.20. The summed E-state index contributed by atoms with van der Waals surface area (Å²) in [7, 11) is 0. The van der Waals surface area contributed by atoms with E-state index in [0.29, 0.717) is 18.1 Å². The number of hydrogen-bond donors (Lipinski definition) is 1. The highest BCUT2D eigenvalue weighted by Gasteiger charge is 2.34. The van der Waals surface area contributed by atoms with Crippen molar-refractivity contribution < 1.29 is 9.59 Å². The molecule has 1 saturated heterocycles. The first kappa shape index (κ1) is 17.5. The van der Waals surface area contributed by atoms with Crippen molar-refractivity contribution in [2.45, 2.75) is 26.3 Å². The molecule has 1 aliphatic rings. The zero-order valence-electron chi connectivity index (χ0n) is 14.2. The number of hydrogen-bond acceptors (Lipinski definition) is 2. The zero-order valence-corrected chi connectivity index (χ0v) is 14.9. The molecule has 0 aromatic heterocycles. The second kappa shape index (κ2) is 7.70. The first-order valence-electron chi connectivity index (χ1n) is 8.48. The largest absolute Gasteiger partial charge is 0.352 e. The number of nitrogens with zero attached hydrogens (tertiary/aromatic N) is 1. The standard InChI is InChI=1S/C20H21ClN2O2/c1-2-14-5-9-18(10-6-14)23-13-16(11-19(23)24)20(25)22-12-15-3-7-17(21)8-4-15/h3-10,16H,2,11-13H2,1H3,(H,22,25)/t16-/m0/s1. The molecule has 2 amide bonds. The van der Waals surface area contributed by atoms with Crippen LogP contribution in [0.4, 0.5) is 5.69 Å². The van der Waals surface area contributed by atoms with E-state index in [1.165, 1.54) is 5.56 Å². The Hall–Kier alpha value is -2.33. The molecule has 5 heteroatoms. The van der Waals surface area contributed by atoms with Crippen LogP contribution >= 0.6 is 11.6 Å². The highest BCUT2D eigenvalue weighted by atomic mass is 35.5. The van der Waals surface area contributed by atoms with E-state index in [1.54, 1.807) is 17.0 Å². The number of carbonyl (C=O) groups is 2. The van der Waals surface area contributed by atoms with E-state index >= 15 is 0 Å². The number of nitrogens with one attached hydrogen (secondary N) is 1. The van der Waals surface area contributed by atoms with Crippen LogP contribution in [0.2, 0.25) is 5.02 Å². The highest BCUT2D eigenvalue weighted by Crippen LogP contribution is 2.25. The summed E-state index contributed by atoms with van der Waals surface area (Å²) in [5, 5.41) is 3.58. The summed E-state index contributed by atoms with van der Waals surface area (Å²) in [5.41, 5.74) is 3.07. The highest BCUT2D eigenvalue weighted by molar-refractivity contribution is 6.30. The lowest BCUT2D eigenvalue weighted by Crippen LogP contribution is -2.32. The van der Waals surface area contributed by atoms with Gasteiger partial charge in [-0.1, -0.05) is 42.8 Å². The average molecular weight is 357 g/mol. The number of anilines is 1. The molecular weight excluding hydrogens is 336 g/mol. The van der Waals surface area contributed by atoms with Crippen LogP contribution in [-0.2, 0) is 22.6 Å². The van der Waals surface area contributed by atoms with Crippen LogP contribution in [0.25, 0.3) is 0 Å². The van der Waals surface area contributed by atoms with Crippen molar-refractivity contribution in [2.24, 2.45) is 5.92 Å². The molecule has 1 N–H and O–H groups in total. The van der Waals surface area contributed by atoms with Crippen LogP contribution in [0.15, 0.2) is 48.5 Å². The lowest BCUT2D eigenvalue weighted by atomic mass is 10.1. The number of benzene rings is 2. The SMILES string of the molecule is CCc1ccc(N2C[C@@H](C(=O)NCc3ccc(Cl)cc3)CC2=O)cc1. The molecule has 0 aliphatic carbocycles. The summed E-state index contributed by atoms with van der Waals surface area (Å²) in [6, 6.07) is 15.3. The lowest BCUT2D eigenvalue weighted by Gasteiger charge is -2.17. The Bertz CT molecular complexity index is 756. The van der Waals surface area contributed by atoms with E-state index < -0.39 is 0 Å². The van der Waals surface area contributed by atoms with Gasteiger partial charge in [0.15, 0.2) is 0 Å². The van der Waals surface area contributed by atoms with Crippen molar-refractivity contribution in [1.82, 2.24) is 5.32 Å². The Balaban J connectivity index is 1.59. The fourth-order valence-electron chi connectivity index (χ4n) is 2.98. The number of amides is 2. The molecule has 2 aromatic carbocycles. The minimum atomic E-state index is -0.314. The molecular formula is C20H21ClN2O2. The quantitative estimate of drug-likeness (QED) is 0.890. The predicted molar refractivity (Wildman–Crippen MR) is 99.6 cm³/mol. The van der Waals surface area contributed by atoms with Gasteiger partial charge in [-0.3, -0.25) is 9.59 Å². The van der Waals surface area contributed by atoms with E-state index in [9.17, 15) is 9.59 Å². The van der Waals surface area contributed by atoms with Crippen molar-refractivity contribution in [3.05, 3.63) is 64.7 Å². The second-order valence-electron chi connectivity index (χ2n) is 6.27. The molecule has 1 heterocycles. The van der Waals surface area contributed by atoms with E-state index in [0.717, 1.165) is 17.7 Å². The molecule has 0 spiro atoms. The van der Waals surface area contributed by atoms with Crippen molar-refractivity contribution in [1.29, 1.82) is 0 Å². The monoisotopic (exact) mass is 356 g/mol. The predicted octanol–water partition coefficient (Wildman–Crippen LogP) is 3.57. The number of rotatable bonds is 5.